The third-order valence-corrected chi connectivity index (χ3v) is 6.07. The van der Waals surface area contributed by atoms with Crippen molar-refractivity contribution in [2.45, 2.75) is 0 Å². The van der Waals surface area contributed by atoms with Crippen LogP contribution in [0, 0.1) is 23.3 Å². The summed E-state index contributed by atoms with van der Waals surface area (Å²) in [5.41, 5.74) is 1.12. The van der Waals surface area contributed by atoms with Crippen molar-refractivity contribution in [3.8, 4) is 5.75 Å². The Morgan fingerprint density at radius 2 is 1.33 bits per heavy atom. The largest absolute Gasteiger partial charge is 0.492 e. The fourth-order valence-electron chi connectivity index (χ4n) is 4.01. The molecule has 9 heteroatoms. The summed E-state index contributed by atoms with van der Waals surface area (Å²) in [6, 6.07) is 13.0. The lowest BCUT2D eigenvalue weighted by Gasteiger charge is -2.30. The average Bonchev–Trinajstić information content (AvgIpc) is 2.90. The molecular formula is C30H26F4N2O3. The Kier molecular flexibility index (Phi) is 8.61. The molecule has 0 aliphatic carbocycles. The van der Waals surface area contributed by atoms with Gasteiger partial charge in [-0.05, 0) is 85.9 Å². The highest BCUT2D eigenvalue weighted by Crippen LogP contribution is 2.25. The summed E-state index contributed by atoms with van der Waals surface area (Å²) in [7, 11) is 3.86. The number of hydrogen-bond donors (Lipinski definition) is 0. The maximum absolute atomic E-state index is 13.8. The van der Waals surface area contributed by atoms with Crippen molar-refractivity contribution in [1.82, 2.24) is 9.80 Å². The predicted molar refractivity (Wildman–Crippen MR) is 140 cm³/mol. The first-order valence-electron chi connectivity index (χ1n) is 12.1. The van der Waals surface area contributed by atoms with Gasteiger partial charge in [0.25, 0.3) is 5.91 Å². The molecule has 1 aliphatic heterocycles. The van der Waals surface area contributed by atoms with Gasteiger partial charge in [0, 0.05) is 23.3 Å². The topological polar surface area (TPSA) is 49.9 Å². The number of likely N-dealkylation sites (N-methyl/N-ethyl adjacent to an activating group) is 1. The minimum atomic E-state index is -1.08. The molecule has 0 atom stereocenters. The highest BCUT2D eigenvalue weighted by molar-refractivity contribution is 6.15. The third-order valence-electron chi connectivity index (χ3n) is 6.07. The maximum Gasteiger partial charge on any atom is 0.254 e. The number of benzene rings is 3. The molecule has 202 valence electrons. The summed E-state index contributed by atoms with van der Waals surface area (Å²) >= 11 is 0. The number of hydrogen-bond acceptors (Lipinski definition) is 4. The van der Waals surface area contributed by atoms with Gasteiger partial charge in [-0.1, -0.05) is 12.1 Å². The Hall–Kier alpha value is -4.24. The highest BCUT2D eigenvalue weighted by Gasteiger charge is 2.30. The van der Waals surface area contributed by atoms with Crippen molar-refractivity contribution < 1.29 is 31.9 Å². The number of amides is 1. The first-order valence-corrected chi connectivity index (χ1v) is 12.1. The standard InChI is InChI=1S/C30H26F4N2O3/c1-35(2)11-12-39-24-7-5-21(6-8-24)30(38)36-17-22(13-19-3-9-25(31)27(33)15-19)29(37)23(18-36)14-20-4-10-26(32)28(34)16-20/h3-10,13-16H,11-12,17-18H2,1-2H3/b22-13+,23-14+. The van der Waals surface area contributed by atoms with Crippen LogP contribution in [-0.2, 0) is 4.79 Å². The predicted octanol–water partition coefficient (Wildman–Crippen LogP) is 5.38. The van der Waals surface area contributed by atoms with Gasteiger partial charge in [-0.25, -0.2) is 17.6 Å². The number of rotatable bonds is 7. The van der Waals surface area contributed by atoms with Crippen molar-refractivity contribution in [2.24, 2.45) is 0 Å². The molecule has 1 heterocycles. The maximum atomic E-state index is 13.8. The van der Waals surface area contributed by atoms with E-state index in [9.17, 15) is 27.2 Å². The quantitative estimate of drug-likeness (QED) is 0.300. The van der Waals surface area contributed by atoms with E-state index in [-0.39, 0.29) is 41.3 Å². The molecule has 0 unspecified atom stereocenters. The van der Waals surface area contributed by atoms with Crippen LogP contribution >= 0.6 is 0 Å². The van der Waals surface area contributed by atoms with Crippen LogP contribution in [0.3, 0.4) is 0 Å². The molecule has 0 radical (unpaired) electrons. The Morgan fingerprint density at radius 3 is 1.79 bits per heavy atom. The van der Waals surface area contributed by atoms with Crippen LogP contribution in [0.1, 0.15) is 21.5 Å². The summed E-state index contributed by atoms with van der Waals surface area (Å²) in [6.07, 6.45) is 2.76. The van der Waals surface area contributed by atoms with E-state index in [1.165, 1.54) is 29.2 Å². The lowest BCUT2D eigenvalue weighted by molar-refractivity contribution is -0.113. The van der Waals surface area contributed by atoms with Gasteiger partial charge in [-0.2, -0.15) is 0 Å². The molecule has 0 aromatic heterocycles. The zero-order valence-electron chi connectivity index (χ0n) is 21.4. The SMILES string of the molecule is CN(C)CCOc1ccc(C(=O)N2C/C(=C\c3ccc(F)c(F)c3)C(=O)/C(=C/c3ccc(F)c(F)c3)C2)cc1. The number of likely N-dealkylation sites (tertiary alicyclic amines) is 1. The fraction of sp³-hybridized carbons (Fsp3) is 0.200. The Labute approximate surface area is 223 Å². The average molecular weight is 539 g/mol. The second-order valence-corrected chi connectivity index (χ2v) is 9.35. The van der Waals surface area contributed by atoms with E-state index in [4.69, 9.17) is 4.74 Å². The Bertz CT molecular complexity index is 1380. The summed E-state index contributed by atoms with van der Waals surface area (Å²) in [5, 5.41) is 0. The molecule has 3 aromatic carbocycles. The van der Waals surface area contributed by atoms with Gasteiger partial charge in [0.15, 0.2) is 29.1 Å². The molecule has 0 spiro atoms. The molecule has 1 saturated heterocycles. The molecule has 3 aromatic rings. The monoisotopic (exact) mass is 538 g/mol. The highest BCUT2D eigenvalue weighted by atomic mass is 19.2. The summed E-state index contributed by atoms with van der Waals surface area (Å²) in [6.45, 7) is 1.02. The van der Waals surface area contributed by atoms with Gasteiger partial charge in [-0.3, -0.25) is 9.59 Å². The van der Waals surface area contributed by atoms with Crippen molar-refractivity contribution >= 4 is 23.8 Å². The molecule has 0 saturated carbocycles. The molecule has 39 heavy (non-hydrogen) atoms. The van der Waals surface area contributed by atoms with Gasteiger partial charge in [0.05, 0.1) is 13.1 Å². The normalized spacial score (nSPS) is 15.9. The second-order valence-electron chi connectivity index (χ2n) is 9.35. The first-order chi connectivity index (χ1) is 18.6. The van der Waals surface area contributed by atoms with E-state index in [0.717, 1.165) is 30.8 Å². The third kappa shape index (κ3) is 7.00. The van der Waals surface area contributed by atoms with Crippen molar-refractivity contribution in [2.75, 3.05) is 40.3 Å². The molecular weight excluding hydrogens is 512 g/mol. The number of carbonyl (C=O) groups excluding carboxylic acids is 2. The number of Topliss-reactive ketones (excluding diaryl/α,β-unsaturated/α-hetero) is 1. The number of nitrogens with zero attached hydrogens (tertiary/aromatic N) is 2. The van der Waals surface area contributed by atoms with Crippen molar-refractivity contribution in [1.29, 1.82) is 0 Å². The molecule has 1 amide bonds. The van der Waals surface area contributed by atoms with E-state index < -0.39 is 29.1 Å². The van der Waals surface area contributed by atoms with Crippen molar-refractivity contribution in [3.63, 3.8) is 0 Å². The van der Waals surface area contributed by atoms with Gasteiger partial charge < -0.3 is 14.5 Å². The number of piperidine rings is 1. The van der Waals surface area contributed by atoms with E-state index in [1.807, 2.05) is 19.0 Å². The second kappa shape index (κ2) is 12.1. The number of ether oxygens (including phenoxy) is 1. The summed E-state index contributed by atoms with van der Waals surface area (Å²) in [4.78, 5) is 30.1. The number of carbonyl (C=O) groups is 2. The van der Waals surface area contributed by atoms with Crippen LogP contribution in [0.15, 0.2) is 71.8 Å². The van der Waals surface area contributed by atoms with Crippen LogP contribution in [0.5, 0.6) is 5.75 Å². The Balaban J connectivity index is 1.64. The zero-order chi connectivity index (χ0) is 28.1. The van der Waals surface area contributed by atoms with Crippen LogP contribution in [0.4, 0.5) is 17.6 Å². The van der Waals surface area contributed by atoms with E-state index in [2.05, 4.69) is 0 Å². The van der Waals surface area contributed by atoms with Gasteiger partial charge in [-0.15, -0.1) is 0 Å². The molecule has 1 fully saturated rings. The van der Waals surface area contributed by atoms with Gasteiger partial charge in [0.2, 0.25) is 0 Å². The molecule has 1 aliphatic rings. The summed E-state index contributed by atoms with van der Waals surface area (Å²) in [5.74, 6) is -4.45. The lowest BCUT2D eigenvalue weighted by atomic mass is 9.93. The smallest absolute Gasteiger partial charge is 0.254 e. The van der Waals surface area contributed by atoms with Gasteiger partial charge >= 0.3 is 0 Å². The first kappa shape index (κ1) is 27.8. The number of ketones is 1. The van der Waals surface area contributed by atoms with Crippen LogP contribution in [-0.4, -0.2) is 61.8 Å². The fourth-order valence-corrected chi connectivity index (χ4v) is 4.01. The minimum Gasteiger partial charge on any atom is -0.492 e. The van der Waals surface area contributed by atoms with Gasteiger partial charge in [0.1, 0.15) is 12.4 Å². The molecule has 4 rings (SSSR count). The van der Waals surface area contributed by atoms with Crippen LogP contribution < -0.4 is 4.74 Å². The Morgan fingerprint density at radius 1 is 0.821 bits per heavy atom. The zero-order valence-corrected chi connectivity index (χ0v) is 21.4. The van der Waals surface area contributed by atoms with Crippen LogP contribution in [0.25, 0.3) is 12.2 Å². The lowest BCUT2D eigenvalue weighted by Crippen LogP contribution is -2.41. The minimum absolute atomic E-state index is 0.0904. The number of halogens is 4. The van der Waals surface area contributed by atoms with E-state index in [1.54, 1.807) is 24.3 Å². The molecule has 0 bridgehead atoms. The summed E-state index contributed by atoms with van der Waals surface area (Å²) < 4.78 is 60.1. The molecule has 5 nitrogen and oxygen atoms in total. The van der Waals surface area contributed by atoms with Crippen molar-refractivity contribution in [3.05, 3.63) is 112 Å². The van der Waals surface area contributed by atoms with E-state index >= 15 is 0 Å². The van der Waals surface area contributed by atoms with E-state index in [0.29, 0.717) is 17.9 Å². The van der Waals surface area contributed by atoms with Crippen LogP contribution in [0.2, 0.25) is 0 Å². The molecule has 0 N–H and O–H groups in total.